The lowest BCUT2D eigenvalue weighted by molar-refractivity contribution is 0.0941. The number of rotatable bonds is 5. The summed E-state index contributed by atoms with van der Waals surface area (Å²) >= 11 is 6.00. The Morgan fingerprint density at radius 2 is 2.00 bits per heavy atom. The number of sulfonamides is 1. The average Bonchev–Trinajstić information content (AvgIpc) is 3.20. The largest absolute Gasteiger partial charge is 0.351 e. The first kappa shape index (κ1) is 19.0. The molecule has 2 aromatic carbocycles. The maximum absolute atomic E-state index is 12.6. The first-order chi connectivity index (χ1) is 13.3. The number of halogens is 1. The highest BCUT2D eigenvalue weighted by Gasteiger charge is 2.34. The third kappa shape index (κ3) is 3.92. The number of amides is 1. The fourth-order valence-corrected chi connectivity index (χ4v) is 4.76. The van der Waals surface area contributed by atoms with Crippen LogP contribution in [0.25, 0.3) is 10.9 Å². The third-order valence-corrected chi connectivity index (χ3v) is 5.95. The van der Waals surface area contributed by atoms with Crippen molar-refractivity contribution in [2.24, 2.45) is 5.92 Å². The van der Waals surface area contributed by atoms with Gasteiger partial charge in [-0.3, -0.25) is 4.79 Å². The third-order valence-electron chi connectivity index (χ3n) is 5.04. The second-order valence-electron chi connectivity index (χ2n) is 7.16. The second kappa shape index (κ2) is 7.24. The van der Waals surface area contributed by atoms with Crippen molar-refractivity contribution >= 4 is 38.4 Å². The molecule has 1 heterocycles. The molecule has 4 rings (SSSR count). The molecule has 1 aliphatic rings. The molecule has 2 atom stereocenters. The monoisotopic (exact) mass is 417 g/mol. The molecule has 0 radical (unpaired) electrons. The SMILES string of the molecule is CS(=O)(=O)N[C@@H]1c2ccccc2CC1CNC(=O)c1cc2cc(Cl)ccc2[nH]1. The van der Waals surface area contributed by atoms with Gasteiger partial charge in [-0.2, -0.15) is 0 Å². The van der Waals surface area contributed by atoms with Crippen LogP contribution in [0, 0.1) is 5.92 Å². The number of benzene rings is 2. The minimum atomic E-state index is -3.38. The van der Waals surface area contributed by atoms with E-state index < -0.39 is 10.0 Å². The molecule has 3 aromatic rings. The summed E-state index contributed by atoms with van der Waals surface area (Å²) in [5, 5.41) is 4.40. The van der Waals surface area contributed by atoms with Crippen molar-refractivity contribution in [3.8, 4) is 0 Å². The molecular formula is C20H20ClN3O3S. The van der Waals surface area contributed by atoms with Gasteiger partial charge in [0.05, 0.1) is 12.3 Å². The molecule has 0 bridgehead atoms. The Hall–Kier alpha value is -2.35. The van der Waals surface area contributed by atoms with Crippen LogP contribution in [0.3, 0.4) is 0 Å². The summed E-state index contributed by atoms with van der Waals surface area (Å²) in [4.78, 5) is 15.7. The summed E-state index contributed by atoms with van der Waals surface area (Å²) < 4.78 is 26.3. The summed E-state index contributed by atoms with van der Waals surface area (Å²) in [6.45, 7) is 0.358. The van der Waals surface area contributed by atoms with E-state index in [2.05, 4.69) is 15.0 Å². The summed E-state index contributed by atoms with van der Waals surface area (Å²) in [7, 11) is -3.38. The number of carbonyl (C=O) groups is 1. The van der Waals surface area contributed by atoms with Crippen LogP contribution in [-0.2, 0) is 16.4 Å². The van der Waals surface area contributed by atoms with Gasteiger partial charge in [0, 0.05) is 28.4 Å². The van der Waals surface area contributed by atoms with Crippen molar-refractivity contribution in [2.45, 2.75) is 12.5 Å². The molecule has 3 N–H and O–H groups in total. The maximum atomic E-state index is 12.6. The normalized spacial score (nSPS) is 18.9. The highest BCUT2D eigenvalue weighted by atomic mass is 35.5. The van der Waals surface area contributed by atoms with E-state index in [0.29, 0.717) is 23.7 Å². The predicted molar refractivity (Wildman–Crippen MR) is 110 cm³/mol. The quantitative estimate of drug-likeness (QED) is 0.596. The molecular weight excluding hydrogens is 398 g/mol. The van der Waals surface area contributed by atoms with Crippen LogP contribution in [0.2, 0.25) is 5.02 Å². The topological polar surface area (TPSA) is 91.1 Å². The average molecular weight is 418 g/mol. The van der Waals surface area contributed by atoms with Gasteiger partial charge in [-0.1, -0.05) is 35.9 Å². The zero-order valence-corrected chi connectivity index (χ0v) is 16.8. The highest BCUT2D eigenvalue weighted by molar-refractivity contribution is 7.88. The van der Waals surface area contributed by atoms with Crippen molar-refractivity contribution in [2.75, 3.05) is 12.8 Å². The highest BCUT2D eigenvalue weighted by Crippen LogP contribution is 2.36. The maximum Gasteiger partial charge on any atom is 0.267 e. The van der Waals surface area contributed by atoms with Gasteiger partial charge < -0.3 is 10.3 Å². The van der Waals surface area contributed by atoms with Gasteiger partial charge >= 0.3 is 0 Å². The molecule has 0 fully saturated rings. The number of aromatic nitrogens is 1. The summed E-state index contributed by atoms with van der Waals surface area (Å²) in [6.07, 6.45) is 1.85. The van der Waals surface area contributed by atoms with E-state index in [0.717, 1.165) is 28.3 Å². The number of nitrogens with one attached hydrogen (secondary N) is 3. The number of carbonyl (C=O) groups excluding carboxylic acids is 1. The van der Waals surface area contributed by atoms with Crippen molar-refractivity contribution in [3.63, 3.8) is 0 Å². The van der Waals surface area contributed by atoms with Gasteiger partial charge in [0.1, 0.15) is 5.69 Å². The molecule has 1 unspecified atom stereocenters. The minimum absolute atomic E-state index is 0.0603. The van der Waals surface area contributed by atoms with Crippen LogP contribution < -0.4 is 10.0 Å². The number of H-pyrrole nitrogens is 1. The summed E-state index contributed by atoms with van der Waals surface area (Å²) in [5.41, 5.74) is 3.34. The molecule has 146 valence electrons. The van der Waals surface area contributed by atoms with E-state index in [4.69, 9.17) is 11.6 Å². The van der Waals surface area contributed by atoms with Crippen LogP contribution in [0.5, 0.6) is 0 Å². The van der Waals surface area contributed by atoms with Crippen molar-refractivity contribution < 1.29 is 13.2 Å². The Labute approximate surface area is 168 Å². The smallest absolute Gasteiger partial charge is 0.267 e. The van der Waals surface area contributed by atoms with Gasteiger partial charge in [0.25, 0.3) is 5.91 Å². The Kier molecular flexibility index (Phi) is 4.91. The molecule has 8 heteroatoms. The lowest BCUT2D eigenvalue weighted by Gasteiger charge is -2.21. The first-order valence-electron chi connectivity index (χ1n) is 8.92. The van der Waals surface area contributed by atoms with Crippen LogP contribution in [0.1, 0.15) is 27.7 Å². The Morgan fingerprint density at radius 1 is 1.21 bits per heavy atom. The fourth-order valence-electron chi connectivity index (χ4n) is 3.80. The van der Waals surface area contributed by atoms with Crippen molar-refractivity contribution in [1.29, 1.82) is 0 Å². The van der Waals surface area contributed by atoms with E-state index >= 15 is 0 Å². The molecule has 0 saturated heterocycles. The molecule has 0 spiro atoms. The second-order valence-corrected chi connectivity index (χ2v) is 9.37. The fraction of sp³-hybridized carbons (Fsp3) is 0.250. The van der Waals surface area contributed by atoms with Crippen LogP contribution in [0.15, 0.2) is 48.5 Å². The van der Waals surface area contributed by atoms with Crippen LogP contribution in [0.4, 0.5) is 0 Å². The van der Waals surface area contributed by atoms with Crippen molar-refractivity contribution in [1.82, 2.24) is 15.0 Å². The van der Waals surface area contributed by atoms with E-state index in [-0.39, 0.29) is 17.9 Å². The Balaban J connectivity index is 1.50. The molecule has 1 amide bonds. The zero-order chi connectivity index (χ0) is 19.9. The van der Waals surface area contributed by atoms with E-state index in [1.807, 2.05) is 30.3 Å². The van der Waals surface area contributed by atoms with E-state index in [1.165, 1.54) is 0 Å². The van der Waals surface area contributed by atoms with Crippen LogP contribution in [-0.4, -0.2) is 32.1 Å². The number of hydrogen-bond acceptors (Lipinski definition) is 3. The summed E-state index contributed by atoms with van der Waals surface area (Å²) in [6, 6.07) is 14.5. The molecule has 0 saturated carbocycles. The first-order valence-corrected chi connectivity index (χ1v) is 11.2. The van der Waals surface area contributed by atoms with E-state index in [1.54, 1.807) is 18.2 Å². The number of fused-ring (bicyclic) bond motifs is 2. The van der Waals surface area contributed by atoms with Gasteiger partial charge in [-0.15, -0.1) is 0 Å². The predicted octanol–water partition coefficient (Wildman–Crippen LogP) is 3.01. The lowest BCUT2D eigenvalue weighted by atomic mass is 10.0. The van der Waals surface area contributed by atoms with Gasteiger partial charge in [-0.25, -0.2) is 13.1 Å². The molecule has 1 aliphatic carbocycles. The van der Waals surface area contributed by atoms with Gasteiger partial charge in [0.15, 0.2) is 0 Å². The van der Waals surface area contributed by atoms with Gasteiger partial charge in [-0.05, 0) is 41.8 Å². The standard InChI is InChI=1S/C20H20ClN3O3S/c1-28(26,27)24-19-14(8-12-4-2-3-5-16(12)19)11-22-20(25)18-10-13-9-15(21)6-7-17(13)23-18/h2-7,9-10,14,19,23-24H,8,11H2,1H3,(H,22,25)/t14?,19-/m0/s1. The lowest BCUT2D eigenvalue weighted by Crippen LogP contribution is -2.37. The van der Waals surface area contributed by atoms with Crippen molar-refractivity contribution in [3.05, 3.63) is 70.4 Å². The van der Waals surface area contributed by atoms with Crippen LogP contribution >= 0.6 is 11.6 Å². The molecule has 1 aromatic heterocycles. The molecule has 0 aliphatic heterocycles. The Bertz CT molecular complexity index is 1160. The molecule has 6 nitrogen and oxygen atoms in total. The molecule has 28 heavy (non-hydrogen) atoms. The number of aromatic amines is 1. The zero-order valence-electron chi connectivity index (χ0n) is 15.2. The van der Waals surface area contributed by atoms with Gasteiger partial charge in [0.2, 0.25) is 10.0 Å². The minimum Gasteiger partial charge on any atom is -0.351 e. The Morgan fingerprint density at radius 3 is 2.79 bits per heavy atom. The summed E-state index contributed by atoms with van der Waals surface area (Å²) in [5.74, 6) is -0.295. The number of hydrogen-bond donors (Lipinski definition) is 3. The van der Waals surface area contributed by atoms with E-state index in [9.17, 15) is 13.2 Å².